The third-order valence-electron chi connectivity index (χ3n) is 17.3. The number of hydrogen-bond donors (Lipinski definition) is 6. The molecule has 1 amide bonds. The molecule has 1 aliphatic rings. The largest absolute Gasteiger partial charge is 0.466 e. The summed E-state index contributed by atoms with van der Waals surface area (Å²) in [5.74, 6) is -0.166. The zero-order valence-corrected chi connectivity index (χ0v) is 54.4. The van der Waals surface area contributed by atoms with Crippen LogP contribution in [0.1, 0.15) is 361 Å². The van der Waals surface area contributed by atoms with Crippen molar-refractivity contribution in [2.45, 2.75) is 403 Å². The van der Waals surface area contributed by atoms with Crippen molar-refractivity contribution in [2.75, 3.05) is 19.8 Å². The Kier molecular flexibility index (Phi) is 58.9. The summed E-state index contributed by atoms with van der Waals surface area (Å²) in [5, 5.41) is 54.4. The Balaban J connectivity index is 1.91. The van der Waals surface area contributed by atoms with Gasteiger partial charge in [-0.05, 0) is 57.8 Å². The summed E-state index contributed by atoms with van der Waals surface area (Å²) in [6.07, 6.45) is 67.6. The average Bonchev–Trinajstić information content (AvgIpc) is 3.53. The number of esters is 1. The second kappa shape index (κ2) is 61.8. The number of ether oxygens (including phenoxy) is 3. The number of aliphatic hydroxyl groups excluding tert-OH is 5. The Morgan fingerprint density at radius 3 is 1.16 bits per heavy atom. The highest BCUT2D eigenvalue weighted by atomic mass is 16.7. The number of aliphatic hydroxyl groups is 5. The van der Waals surface area contributed by atoms with Crippen LogP contribution in [0, 0.1) is 0 Å². The molecule has 0 aromatic carbocycles. The van der Waals surface area contributed by atoms with Crippen LogP contribution in [0.3, 0.4) is 0 Å². The molecule has 7 unspecified atom stereocenters. The van der Waals surface area contributed by atoms with Crippen molar-refractivity contribution in [3.05, 3.63) is 24.3 Å². The monoisotopic (exact) mass is 1180 g/mol. The number of hydrogen-bond acceptors (Lipinski definition) is 10. The number of unbranched alkanes of at least 4 members (excludes halogenated alkanes) is 48. The van der Waals surface area contributed by atoms with E-state index in [9.17, 15) is 35.1 Å². The first-order valence-electron chi connectivity index (χ1n) is 36.1. The fourth-order valence-corrected chi connectivity index (χ4v) is 11.6. The standard InChI is InChI=1S/C72H137NO10/c1-3-5-7-9-11-13-15-40-44-48-52-56-60-68(77)81-61-57-53-49-45-41-38-36-34-32-30-28-26-24-22-20-18-16-17-19-21-23-25-27-29-31-33-35-37-39-43-47-51-55-59-67(76)73-64(63-82-72-71(80)70(79)69(78)66(62-74)83-72)65(75)58-54-50-46-42-14-12-10-8-6-4-2/h20,22,54,58,64-66,69-72,74-75,78-80H,3-19,21,23-53,55-57,59-63H2,1-2H3,(H,73,76)/b22-20-,58-54+. The van der Waals surface area contributed by atoms with Crippen LogP contribution in [0.15, 0.2) is 24.3 Å². The molecule has 83 heavy (non-hydrogen) atoms. The maximum absolute atomic E-state index is 13.0. The molecule has 0 saturated carbocycles. The molecule has 1 heterocycles. The molecule has 0 spiro atoms. The van der Waals surface area contributed by atoms with Gasteiger partial charge in [0, 0.05) is 12.8 Å². The topological polar surface area (TPSA) is 175 Å². The Bertz CT molecular complexity index is 1430. The van der Waals surface area contributed by atoms with Gasteiger partial charge in [-0.3, -0.25) is 9.59 Å². The van der Waals surface area contributed by atoms with Crippen molar-refractivity contribution in [2.24, 2.45) is 0 Å². The van der Waals surface area contributed by atoms with Gasteiger partial charge < -0.3 is 45.1 Å². The second-order valence-electron chi connectivity index (χ2n) is 25.3. The minimum absolute atomic E-state index is 0.0126. The number of amides is 1. The summed E-state index contributed by atoms with van der Waals surface area (Å²) < 4.78 is 16.7. The van der Waals surface area contributed by atoms with Gasteiger partial charge in [0.1, 0.15) is 24.4 Å². The highest BCUT2D eigenvalue weighted by Crippen LogP contribution is 2.23. The predicted molar refractivity (Wildman–Crippen MR) is 348 cm³/mol. The lowest BCUT2D eigenvalue weighted by Crippen LogP contribution is -2.60. The molecule has 11 heteroatoms. The van der Waals surface area contributed by atoms with Crippen LogP contribution in [0.2, 0.25) is 0 Å². The van der Waals surface area contributed by atoms with Crippen LogP contribution in [0.5, 0.6) is 0 Å². The van der Waals surface area contributed by atoms with E-state index in [0.717, 1.165) is 51.4 Å². The van der Waals surface area contributed by atoms with Crippen molar-refractivity contribution >= 4 is 11.9 Å². The zero-order valence-electron chi connectivity index (χ0n) is 54.4. The van der Waals surface area contributed by atoms with E-state index in [1.54, 1.807) is 6.08 Å². The smallest absolute Gasteiger partial charge is 0.305 e. The van der Waals surface area contributed by atoms with Crippen molar-refractivity contribution in [3.63, 3.8) is 0 Å². The summed E-state index contributed by atoms with van der Waals surface area (Å²) in [4.78, 5) is 25.1. The Morgan fingerprint density at radius 2 is 0.771 bits per heavy atom. The molecule has 0 aromatic rings. The minimum atomic E-state index is -1.57. The quantitative estimate of drug-likeness (QED) is 0.0195. The van der Waals surface area contributed by atoms with E-state index in [0.29, 0.717) is 19.4 Å². The van der Waals surface area contributed by atoms with Crippen LogP contribution < -0.4 is 5.32 Å². The lowest BCUT2D eigenvalue weighted by molar-refractivity contribution is -0.302. The van der Waals surface area contributed by atoms with Crippen molar-refractivity contribution in [1.82, 2.24) is 5.32 Å². The third kappa shape index (κ3) is 50.8. The molecule has 0 aromatic heterocycles. The fraction of sp³-hybridized carbons (Fsp3) is 0.917. The molecule has 0 aliphatic carbocycles. The summed E-state index contributed by atoms with van der Waals surface area (Å²) in [7, 11) is 0. The van der Waals surface area contributed by atoms with Gasteiger partial charge in [-0.2, -0.15) is 0 Å². The number of allylic oxidation sites excluding steroid dienone is 3. The highest BCUT2D eigenvalue weighted by molar-refractivity contribution is 5.76. The van der Waals surface area contributed by atoms with Gasteiger partial charge >= 0.3 is 5.97 Å². The van der Waals surface area contributed by atoms with Crippen LogP contribution >= 0.6 is 0 Å². The van der Waals surface area contributed by atoms with Crippen LogP contribution in [0.4, 0.5) is 0 Å². The molecule has 1 rings (SSSR count). The Labute approximate surface area is 511 Å². The summed E-state index contributed by atoms with van der Waals surface area (Å²) in [5.41, 5.74) is 0. The Morgan fingerprint density at radius 1 is 0.434 bits per heavy atom. The molecule has 0 radical (unpaired) electrons. The van der Waals surface area contributed by atoms with Crippen molar-refractivity contribution in [1.29, 1.82) is 0 Å². The van der Waals surface area contributed by atoms with Gasteiger partial charge in [-0.15, -0.1) is 0 Å². The van der Waals surface area contributed by atoms with Crippen LogP contribution in [0.25, 0.3) is 0 Å². The van der Waals surface area contributed by atoms with Gasteiger partial charge in [0.05, 0.1) is 32.0 Å². The van der Waals surface area contributed by atoms with E-state index in [1.165, 1.54) is 283 Å². The van der Waals surface area contributed by atoms with Crippen LogP contribution in [-0.4, -0.2) is 100 Å². The summed E-state index contributed by atoms with van der Waals surface area (Å²) in [6, 6.07) is -0.806. The number of rotatable bonds is 64. The fourth-order valence-electron chi connectivity index (χ4n) is 11.6. The van der Waals surface area contributed by atoms with E-state index in [2.05, 4.69) is 31.3 Å². The Hall–Kier alpha value is -1.86. The van der Waals surface area contributed by atoms with Gasteiger partial charge in [0.2, 0.25) is 5.91 Å². The molecule has 1 saturated heterocycles. The van der Waals surface area contributed by atoms with Gasteiger partial charge in [-0.25, -0.2) is 0 Å². The first-order valence-corrected chi connectivity index (χ1v) is 36.1. The predicted octanol–water partition coefficient (Wildman–Crippen LogP) is 18.4. The second-order valence-corrected chi connectivity index (χ2v) is 25.3. The zero-order chi connectivity index (χ0) is 60.2. The van der Waals surface area contributed by atoms with E-state index in [1.807, 2.05) is 6.08 Å². The molecule has 11 nitrogen and oxygen atoms in total. The summed E-state index contributed by atoms with van der Waals surface area (Å²) in [6.45, 7) is 4.36. The third-order valence-corrected chi connectivity index (χ3v) is 17.3. The van der Waals surface area contributed by atoms with Crippen molar-refractivity contribution < 1.29 is 49.3 Å². The normalized spacial score (nSPS) is 18.2. The minimum Gasteiger partial charge on any atom is -0.466 e. The van der Waals surface area contributed by atoms with E-state index in [4.69, 9.17) is 14.2 Å². The highest BCUT2D eigenvalue weighted by Gasteiger charge is 2.44. The molecule has 1 fully saturated rings. The van der Waals surface area contributed by atoms with Gasteiger partial charge in [0.25, 0.3) is 0 Å². The molecular weight excluding hydrogens is 1040 g/mol. The molecule has 6 N–H and O–H groups in total. The first-order chi connectivity index (χ1) is 40.7. The van der Waals surface area contributed by atoms with Crippen molar-refractivity contribution in [3.8, 4) is 0 Å². The molecule has 0 bridgehead atoms. The van der Waals surface area contributed by atoms with E-state index in [-0.39, 0.29) is 18.5 Å². The molecule has 490 valence electrons. The molecule has 1 aliphatic heterocycles. The molecule has 7 atom stereocenters. The van der Waals surface area contributed by atoms with E-state index >= 15 is 0 Å². The number of carbonyl (C=O) groups is 2. The number of carbonyl (C=O) groups excluding carboxylic acids is 2. The lowest BCUT2D eigenvalue weighted by atomic mass is 9.99. The molecular formula is C72H137NO10. The first kappa shape index (κ1) is 79.2. The van der Waals surface area contributed by atoms with Crippen LogP contribution in [-0.2, 0) is 23.8 Å². The maximum Gasteiger partial charge on any atom is 0.305 e. The maximum atomic E-state index is 13.0. The average molecular weight is 1180 g/mol. The van der Waals surface area contributed by atoms with E-state index < -0.39 is 49.5 Å². The SMILES string of the molecule is CCCCCCCCCC/C=C/C(O)C(COC1OC(CO)C(O)C(O)C1O)NC(=O)CCCCCCCCCCCCCCCCCCC/C=C\CCCCCCCCCCCCCCOC(=O)CCCCCCCCCCCCCC. The number of nitrogens with one attached hydrogen (secondary N) is 1. The van der Waals surface area contributed by atoms with Gasteiger partial charge in [0.15, 0.2) is 6.29 Å². The van der Waals surface area contributed by atoms with Gasteiger partial charge in [-0.1, -0.05) is 314 Å². The lowest BCUT2D eigenvalue weighted by Gasteiger charge is -2.40. The summed E-state index contributed by atoms with van der Waals surface area (Å²) >= 11 is 0.